The molecule has 2 aromatic heterocycles. The quantitative estimate of drug-likeness (QED) is 0.687. The topological polar surface area (TPSA) is 64.4 Å². The minimum Gasteiger partial charge on any atom is -0.486 e. The summed E-state index contributed by atoms with van der Waals surface area (Å²) in [7, 11) is 0. The van der Waals surface area contributed by atoms with Crippen molar-refractivity contribution in [2.24, 2.45) is 0 Å². The zero-order chi connectivity index (χ0) is 20.1. The number of carbonyl (C=O) groups excluding carboxylic acids is 1. The number of para-hydroxylation sites is 1. The molecule has 29 heavy (non-hydrogen) atoms. The van der Waals surface area contributed by atoms with Crippen molar-refractivity contribution in [3.8, 4) is 5.75 Å². The zero-order valence-electron chi connectivity index (χ0n) is 16.6. The molecule has 2 aliphatic rings. The van der Waals surface area contributed by atoms with E-state index in [1.807, 2.05) is 54.8 Å². The van der Waals surface area contributed by atoms with Gasteiger partial charge in [-0.3, -0.25) is 14.6 Å². The highest BCUT2D eigenvalue weighted by Gasteiger charge is 2.34. The summed E-state index contributed by atoms with van der Waals surface area (Å²) in [4.78, 5) is 31.6. The Morgan fingerprint density at radius 3 is 2.62 bits per heavy atom. The molecule has 0 unspecified atom stereocenters. The summed E-state index contributed by atoms with van der Waals surface area (Å²) in [5, 5.41) is 0.960. The largest absolute Gasteiger partial charge is 0.486 e. The number of benzene rings is 1. The number of aromatic nitrogens is 2. The molecule has 1 aliphatic carbocycles. The molecule has 1 saturated heterocycles. The second kappa shape index (κ2) is 6.72. The number of aryl methyl sites for hydroxylation is 2. The first-order chi connectivity index (χ1) is 14.0. The molecule has 5 rings (SSSR count). The van der Waals surface area contributed by atoms with Gasteiger partial charge >= 0.3 is 0 Å². The molecule has 0 bridgehead atoms. The monoisotopic (exact) mass is 389 g/mol. The fraction of sp³-hybridized carbons (Fsp3) is 0.348. The van der Waals surface area contributed by atoms with Crippen LogP contribution in [0, 0.1) is 13.8 Å². The van der Waals surface area contributed by atoms with Crippen molar-refractivity contribution < 1.29 is 9.53 Å². The molecule has 148 valence electrons. The molecule has 0 N–H and O–H groups in total. The first-order valence-corrected chi connectivity index (χ1v) is 10.0. The van der Waals surface area contributed by atoms with Crippen molar-refractivity contribution in [3.05, 3.63) is 69.8 Å². The second-order valence-electron chi connectivity index (χ2n) is 8.05. The van der Waals surface area contributed by atoms with Crippen LogP contribution in [0.2, 0.25) is 0 Å². The van der Waals surface area contributed by atoms with Crippen LogP contribution in [0.1, 0.15) is 40.6 Å². The predicted molar refractivity (Wildman–Crippen MR) is 111 cm³/mol. The van der Waals surface area contributed by atoms with E-state index in [4.69, 9.17) is 4.74 Å². The molecule has 2 fully saturated rings. The molecule has 0 atom stereocenters. The average Bonchev–Trinajstić information content (AvgIpc) is 3.47. The van der Waals surface area contributed by atoms with Crippen LogP contribution in [0.15, 0.2) is 47.3 Å². The summed E-state index contributed by atoms with van der Waals surface area (Å²) in [5.74, 6) is 0.554. The summed E-state index contributed by atoms with van der Waals surface area (Å²) < 4.78 is 7.81. The van der Waals surface area contributed by atoms with Gasteiger partial charge in [-0.25, -0.2) is 0 Å². The van der Waals surface area contributed by atoms with Gasteiger partial charge in [0.05, 0.1) is 24.2 Å². The molecule has 6 nitrogen and oxygen atoms in total. The van der Waals surface area contributed by atoms with Gasteiger partial charge in [-0.1, -0.05) is 18.2 Å². The van der Waals surface area contributed by atoms with Gasteiger partial charge in [0, 0.05) is 28.9 Å². The lowest BCUT2D eigenvalue weighted by atomic mass is 10.0. The van der Waals surface area contributed by atoms with Gasteiger partial charge in [-0.05, 0) is 44.9 Å². The van der Waals surface area contributed by atoms with E-state index < -0.39 is 0 Å². The van der Waals surface area contributed by atoms with Crippen molar-refractivity contribution >= 4 is 16.8 Å². The highest BCUT2D eigenvalue weighted by molar-refractivity contribution is 6.05. The van der Waals surface area contributed by atoms with Gasteiger partial charge in [-0.15, -0.1) is 0 Å². The lowest BCUT2D eigenvalue weighted by molar-refractivity contribution is 0.0178. The molecular weight excluding hydrogens is 366 g/mol. The Labute approximate surface area is 168 Å². The number of pyridine rings is 2. The zero-order valence-corrected chi connectivity index (χ0v) is 16.6. The van der Waals surface area contributed by atoms with Crippen molar-refractivity contribution in [2.45, 2.75) is 38.8 Å². The van der Waals surface area contributed by atoms with Crippen LogP contribution in [0.4, 0.5) is 0 Å². The third-order valence-corrected chi connectivity index (χ3v) is 5.67. The third kappa shape index (κ3) is 3.28. The van der Waals surface area contributed by atoms with E-state index in [-0.39, 0.29) is 17.6 Å². The number of amides is 1. The van der Waals surface area contributed by atoms with E-state index in [0.29, 0.717) is 30.4 Å². The summed E-state index contributed by atoms with van der Waals surface area (Å²) in [6.07, 6.45) is 2.05. The van der Waals surface area contributed by atoms with Crippen LogP contribution in [0.25, 0.3) is 10.9 Å². The van der Waals surface area contributed by atoms with Crippen molar-refractivity contribution in [1.29, 1.82) is 0 Å². The van der Waals surface area contributed by atoms with Crippen molar-refractivity contribution in [1.82, 2.24) is 14.5 Å². The van der Waals surface area contributed by atoms with Crippen LogP contribution < -0.4 is 10.3 Å². The number of rotatable bonds is 4. The number of hydrogen-bond donors (Lipinski definition) is 0. The van der Waals surface area contributed by atoms with Crippen molar-refractivity contribution in [3.63, 3.8) is 0 Å². The summed E-state index contributed by atoms with van der Waals surface area (Å²) in [6.45, 7) is 4.88. The summed E-state index contributed by atoms with van der Waals surface area (Å²) >= 11 is 0. The maximum Gasteiger partial charge on any atom is 0.256 e. The Balaban J connectivity index is 1.29. The lowest BCUT2D eigenvalue weighted by Crippen LogP contribution is -2.56. The number of carbonyl (C=O) groups is 1. The van der Waals surface area contributed by atoms with Gasteiger partial charge in [0.15, 0.2) is 0 Å². The van der Waals surface area contributed by atoms with E-state index in [9.17, 15) is 9.59 Å². The fourth-order valence-corrected chi connectivity index (χ4v) is 4.01. The number of hydrogen-bond acceptors (Lipinski definition) is 4. The highest BCUT2D eigenvalue weighted by atomic mass is 16.5. The molecule has 3 aromatic rings. The fourth-order valence-electron chi connectivity index (χ4n) is 4.01. The van der Waals surface area contributed by atoms with E-state index >= 15 is 0 Å². The first-order valence-electron chi connectivity index (χ1n) is 10.0. The van der Waals surface area contributed by atoms with Crippen LogP contribution in [-0.2, 0) is 0 Å². The normalized spacial score (nSPS) is 16.7. The molecule has 1 saturated carbocycles. The minimum atomic E-state index is -0.0980. The van der Waals surface area contributed by atoms with E-state index in [0.717, 1.165) is 35.1 Å². The second-order valence-corrected chi connectivity index (χ2v) is 8.05. The Hall–Kier alpha value is -3.15. The molecule has 3 heterocycles. The van der Waals surface area contributed by atoms with Crippen LogP contribution >= 0.6 is 0 Å². The molecule has 1 aliphatic heterocycles. The molecule has 6 heteroatoms. The third-order valence-electron chi connectivity index (χ3n) is 5.67. The number of likely N-dealkylation sites (tertiary alicyclic amines) is 1. The van der Waals surface area contributed by atoms with Gasteiger partial charge in [0.2, 0.25) is 0 Å². The highest BCUT2D eigenvalue weighted by Crippen LogP contribution is 2.35. The Kier molecular flexibility index (Phi) is 4.15. The smallest absolute Gasteiger partial charge is 0.256 e. The molecule has 0 radical (unpaired) electrons. The SMILES string of the molecule is Cc1ccc2cccc(C(=O)N3CC(Oc4cc(C)n(C5CC5)c(=O)c4)C3)c2n1. The molecule has 1 amide bonds. The first kappa shape index (κ1) is 17.9. The van der Waals surface area contributed by atoms with Crippen LogP contribution in [-0.4, -0.2) is 39.6 Å². The van der Waals surface area contributed by atoms with Crippen LogP contribution in [0.5, 0.6) is 5.75 Å². The van der Waals surface area contributed by atoms with Gasteiger partial charge in [0.25, 0.3) is 11.5 Å². The van der Waals surface area contributed by atoms with Crippen LogP contribution in [0.3, 0.4) is 0 Å². The van der Waals surface area contributed by atoms with Crippen molar-refractivity contribution in [2.75, 3.05) is 13.1 Å². The molecule has 0 spiro atoms. The van der Waals surface area contributed by atoms with E-state index in [1.165, 1.54) is 0 Å². The lowest BCUT2D eigenvalue weighted by Gasteiger charge is -2.39. The van der Waals surface area contributed by atoms with E-state index in [2.05, 4.69) is 4.98 Å². The molecular formula is C23H23N3O3. The van der Waals surface area contributed by atoms with Gasteiger partial charge < -0.3 is 14.2 Å². The number of fused-ring (bicyclic) bond motifs is 1. The van der Waals surface area contributed by atoms with Gasteiger partial charge in [-0.2, -0.15) is 0 Å². The minimum absolute atomic E-state index is 0.00745. The summed E-state index contributed by atoms with van der Waals surface area (Å²) in [6, 6.07) is 13.4. The number of nitrogens with zero attached hydrogens (tertiary/aromatic N) is 3. The Morgan fingerprint density at radius 1 is 1.10 bits per heavy atom. The maximum atomic E-state index is 13.0. The predicted octanol–water partition coefficient (Wildman–Crippen LogP) is 3.25. The maximum absolute atomic E-state index is 13.0. The van der Waals surface area contributed by atoms with Gasteiger partial charge in [0.1, 0.15) is 11.9 Å². The number of ether oxygens (including phenoxy) is 1. The molecule has 1 aromatic carbocycles. The Morgan fingerprint density at radius 2 is 1.90 bits per heavy atom. The summed E-state index contributed by atoms with van der Waals surface area (Å²) in [5.41, 5.74) is 3.17. The Bertz CT molecular complexity index is 1170. The average molecular weight is 389 g/mol. The standard InChI is InChI=1S/C23H23N3O3/c1-14-6-7-16-4-3-5-20(22(16)24-14)23(28)25-12-19(13-25)29-18-10-15(2)26(17-8-9-17)21(27)11-18/h3-7,10-11,17,19H,8-9,12-13H2,1-2H3. The van der Waals surface area contributed by atoms with E-state index in [1.54, 1.807) is 11.0 Å².